The Kier molecular flexibility index (Phi) is 7.87. The highest BCUT2D eigenvalue weighted by Crippen LogP contribution is 2.28. The van der Waals surface area contributed by atoms with Crippen LogP contribution in [0.3, 0.4) is 0 Å². The molecule has 3 rings (SSSR count). The lowest BCUT2D eigenvalue weighted by atomic mass is 9.87. The van der Waals surface area contributed by atoms with E-state index in [-0.39, 0.29) is 28.1 Å². The van der Waals surface area contributed by atoms with Crippen LogP contribution >= 0.6 is 0 Å². The highest BCUT2D eigenvalue weighted by molar-refractivity contribution is 7.92. The lowest BCUT2D eigenvalue weighted by Gasteiger charge is -2.21. The Morgan fingerprint density at radius 2 is 1.71 bits per heavy atom. The van der Waals surface area contributed by atoms with Crippen molar-refractivity contribution in [1.29, 1.82) is 0 Å². The molecule has 0 aliphatic rings. The van der Waals surface area contributed by atoms with Gasteiger partial charge in [0.15, 0.2) is 0 Å². The third-order valence-electron chi connectivity index (χ3n) is 5.68. The molecule has 0 aliphatic heterocycles. The predicted octanol–water partition coefficient (Wildman–Crippen LogP) is 4.57. The molecular formula is C27H32N2O5S. The van der Waals surface area contributed by atoms with E-state index >= 15 is 0 Å². The maximum absolute atomic E-state index is 13.1. The number of hydrogen-bond acceptors (Lipinski definition) is 5. The second-order valence-corrected chi connectivity index (χ2v) is 11.1. The van der Waals surface area contributed by atoms with E-state index in [4.69, 9.17) is 4.74 Å². The Labute approximate surface area is 207 Å². The van der Waals surface area contributed by atoms with Gasteiger partial charge in [-0.25, -0.2) is 8.42 Å². The second-order valence-electron chi connectivity index (χ2n) is 9.42. The van der Waals surface area contributed by atoms with Gasteiger partial charge >= 0.3 is 0 Å². The van der Waals surface area contributed by atoms with Crippen LogP contribution in [0.25, 0.3) is 0 Å². The molecule has 8 heteroatoms. The maximum atomic E-state index is 13.1. The van der Waals surface area contributed by atoms with Crippen LogP contribution in [0.5, 0.6) is 5.75 Å². The third-order valence-corrected chi connectivity index (χ3v) is 7.20. The van der Waals surface area contributed by atoms with E-state index in [1.165, 1.54) is 6.07 Å². The Hall–Kier alpha value is -3.36. The average Bonchev–Trinajstić information content (AvgIpc) is 2.81. The van der Waals surface area contributed by atoms with Gasteiger partial charge in [-0.15, -0.1) is 0 Å². The van der Waals surface area contributed by atoms with Crippen LogP contribution in [0.15, 0.2) is 71.6 Å². The molecule has 186 valence electrons. The van der Waals surface area contributed by atoms with Crippen LogP contribution < -0.4 is 14.8 Å². The Morgan fingerprint density at radius 3 is 2.34 bits per heavy atom. The fourth-order valence-electron chi connectivity index (χ4n) is 3.53. The van der Waals surface area contributed by atoms with Gasteiger partial charge in [0.2, 0.25) is 0 Å². The smallest absolute Gasteiger partial charge is 0.262 e. The molecule has 1 atom stereocenters. The number of carbonyl (C=O) groups is 1. The molecule has 0 fully saturated rings. The largest absolute Gasteiger partial charge is 0.497 e. The first-order valence-electron chi connectivity index (χ1n) is 11.2. The van der Waals surface area contributed by atoms with Gasteiger partial charge in [-0.05, 0) is 65.4 Å². The molecule has 1 amide bonds. The molecule has 0 aromatic heterocycles. The molecule has 35 heavy (non-hydrogen) atoms. The normalized spacial score (nSPS) is 12.6. The van der Waals surface area contributed by atoms with Gasteiger partial charge < -0.3 is 15.2 Å². The van der Waals surface area contributed by atoms with E-state index in [0.717, 1.165) is 5.56 Å². The number of hydrogen-bond donors (Lipinski definition) is 3. The zero-order chi connectivity index (χ0) is 25.8. The van der Waals surface area contributed by atoms with Crippen LogP contribution in [0.1, 0.15) is 53.9 Å². The minimum absolute atomic E-state index is 0.0000921. The van der Waals surface area contributed by atoms with E-state index in [1.807, 2.05) is 26.8 Å². The number of aliphatic hydroxyl groups is 1. The zero-order valence-electron chi connectivity index (χ0n) is 20.6. The number of rotatable bonds is 8. The Balaban J connectivity index is 1.72. The molecule has 0 bridgehead atoms. The highest BCUT2D eigenvalue weighted by atomic mass is 32.2. The fraction of sp³-hybridized carbons (Fsp3) is 0.296. The third kappa shape index (κ3) is 6.61. The van der Waals surface area contributed by atoms with Gasteiger partial charge in [-0.2, -0.15) is 0 Å². The van der Waals surface area contributed by atoms with Crippen molar-refractivity contribution in [2.24, 2.45) is 0 Å². The average molecular weight is 497 g/mol. The lowest BCUT2D eigenvalue weighted by molar-refractivity contribution is 0.0916. The number of aryl methyl sites for hydroxylation is 1. The molecule has 0 saturated heterocycles. The van der Waals surface area contributed by atoms with E-state index in [0.29, 0.717) is 16.9 Å². The van der Waals surface area contributed by atoms with Crippen LogP contribution in [0.2, 0.25) is 0 Å². The van der Waals surface area contributed by atoms with Gasteiger partial charge in [0.05, 0.1) is 18.1 Å². The Bertz CT molecular complexity index is 1300. The quantitative estimate of drug-likeness (QED) is 0.424. The van der Waals surface area contributed by atoms with Gasteiger partial charge in [-0.1, -0.05) is 51.1 Å². The summed E-state index contributed by atoms with van der Waals surface area (Å²) in [5.74, 6) is 0.245. The molecule has 0 saturated carbocycles. The summed E-state index contributed by atoms with van der Waals surface area (Å²) < 4.78 is 34.0. The molecule has 1 unspecified atom stereocenters. The number of aliphatic hydroxyl groups excluding tert-OH is 1. The van der Waals surface area contributed by atoms with Gasteiger partial charge in [0.25, 0.3) is 15.9 Å². The van der Waals surface area contributed by atoms with Gasteiger partial charge in [-0.3, -0.25) is 9.52 Å². The molecule has 0 spiro atoms. The van der Waals surface area contributed by atoms with Crippen LogP contribution in [0, 0.1) is 6.92 Å². The fourth-order valence-corrected chi connectivity index (χ4v) is 4.85. The van der Waals surface area contributed by atoms with Crippen molar-refractivity contribution in [3.05, 3.63) is 89.0 Å². The summed E-state index contributed by atoms with van der Waals surface area (Å²) in [5.41, 5.74) is 2.52. The molecule has 0 radical (unpaired) electrons. The number of amides is 1. The van der Waals surface area contributed by atoms with Crippen molar-refractivity contribution in [3.63, 3.8) is 0 Å². The molecular weight excluding hydrogens is 464 g/mol. The van der Waals surface area contributed by atoms with Crippen molar-refractivity contribution in [3.8, 4) is 5.75 Å². The van der Waals surface area contributed by atoms with E-state index < -0.39 is 22.0 Å². The first-order chi connectivity index (χ1) is 16.4. The summed E-state index contributed by atoms with van der Waals surface area (Å²) in [5, 5.41) is 13.1. The van der Waals surface area contributed by atoms with E-state index in [1.54, 1.807) is 68.6 Å². The maximum Gasteiger partial charge on any atom is 0.262 e. The summed E-state index contributed by atoms with van der Waals surface area (Å²) in [6.45, 7) is 7.82. The summed E-state index contributed by atoms with van der Waals surface area (Å²) in [6.07, 6.45) is -0.899. The van der Waals surface area contributed by atoms with E-state index in [2.05, 4.69) is 10.0 Å². The predicted molar refractivity (Wildman–Crippen MR) is 137 cm³/mol. The van der Waals surface area contributed by atoms with E-state index in [9.17, 15) is 18.3 Å². The molecule has 0 aliphatic carbocycles. The first-order valence-corrected chi connectivity index (χ1v) is 12.7. The number of nitrogens with one attached hydrogen (secondary N) is 2. The monoisotopic (exact) mass is 496 g/mol. The number of ether oxygens (including phenoxy) is 1. The molecule has 3 aromatic rings. The molecule has 7 nitrogen and oxygen atoms in total. The number of sulfonamides is 1. The first kappa shape index (κ1) is 26.2. The number of carbonyl (C=O) groups excluding carboxylic acids is 1. The van der Waals surface area contributed by atoms with Crippen molar-refractivity contribution >= 4 is 21.6 Å². The zero-order valence-corrected chi connectivity index (χ0v) is 21.4. The standard InChI is InChI=1S/C27H32N2O5S/c1-18-9-12-21(27(2,3)4)16-25(18)35(32,33)29-22-8-6-7-20(15-22)26(31)28-17-24(30)19-10-13-23(34-5)14-11-19/h6-16,24,29-30H,17H2,1-5H3,(H,28,31). The topological polar surface area (TPSA) is 105 Å². The summed E-state index contributed by atoms with van der Waals surface area (Å²) in [7, 11) is -2.31. The molecule has 0 heterocycles. The minimum atomic E-state index is -3.87. The van der Waals surface area contributed by atoms with Crippen molar-refractivity contribution in [2.75, 3.05) is 18.4 Å². The Morgan fingerprint density at radius 1 is 1.03 bits per heavy atom. The number of benzene rings is 3. The van der Waals surface area contributed by atoms with Crippen molar-refractivity contribution in [1.82, 2.24) is 5.32 Å². The number of anilines is 1. The van der Waals surface area contributed by atoms with Crippen LogP contribution in [-0.4, -0.2) is 33.1 Å². The second kappa shape index (κ2) is 10.5. The summed E-state index contributed by atoms with van der Waals surface area (Å²) in [6, 6.07) is 18.6. The summed E-state index contributed by atoms with van der Waals surface area (Å²) in [4.78, 5) is 12.9. The van der Waals surface area contributed by atoms with Crippen LogP contribution in [-0.2, 0) is 15.4 Å². The van der Waals surface area contributed by atoms with Crippen molar-refractivity contribution in [2.45, 2.75) is 44.1 Å². The highest BCUT2D eigenvalue weighted by Gasteiger charge is 2.22. The molecule has 3 N–H and O–H groups in total. The summed E-state index contributed by atoms with van der Waals surface area (Å²) >= 11 is 0. The van der Waals surface area contributed by atoms with Gasteiger partial charge in [0, 0.05) is 17.8 Å². The van der Waals surface area contributed by atoms with Gasteiger partial charge in [0.1, 0.15) is 5.75 Å². The lowest BCUT2D eigenvalue weighted by Crippen LogP contribution is -2.28. The van der Waals surface area contributed by atoms with Crippen molar-refractivity contribution < 1.29 is 23.1 Å². The SMILES string of the molecule is COc1ccc(C(O)CNC(=O)c2cccc(NS(=O)(=O)c3cc(C(C)(C)C)ccc3C)c2)cc1. The molecule has 3 aromatic carbocycles. The minimum Gasteiger partial charge on any atom is -0.497 e. The number of methoxy groups -OCH3 is 1. The van der Waals surface area contributed by atoms with Crippen LogP contribution in [0.4, 0.5) is 5.69 Å².